The van der Waals surface area contributed by atoms with Gasteiger partial charge in [-0.3, -0.25) is 14.9 Å². The lowest BCUT2D eigenvalue weighted by molar-refractivity contribution is -0.384. The normalized spacial score (nSPS) is 19.7. The molecule has 1 atom stereocenters. The summed E-state index contributed by atoms with van der Waals surface area (Å²) in [6.45, 7) is 10.4. The fourth-order valence-corrected chi connectivity index (χ4v) is 2.93. The number of ether oxygens (including phenoxy) is 2. The Morgan fingerprint density at radius 1 is 1.44 bits per heavy atom. The number of amides is 1. The van der Waals surface area contributed by atoms with Crippen LogP contribution in [0.2, 0.25) is 0 Å². The molecule has 1 amide bonds. The first-order valence-corrected chi connectivity index (χ1v) is 8.33. The summed E-state index contributed by atoms with van der Waals surface area (Å²) in [5.41, 5.74) is -0.846. The fraction of sp³-hybridized carbons (Fsp3) is 0.611. The van der Waals surface area contributed by atoms with Crippen LogP contribution >= 0.6 is 0 Å². The second kappa shape index (κ2) is 7.00. The fourth-order valence-electron chi connectivity index (χ4n) is 2.93. The summed E-state index contributed by atoms with van der Waals surface area (Å²) in [5, 5.41) is 10.9. The van der Waals surface area contributed by atoms with Gasteiger partial charge in [-0.25, -0.2) is 0 Å². The van der Waals surface area contributed by atoms with Crippen molar-refractivity contribution in [3.8, 4) is 5.75 Å². The third-order valence-corrected chi connectivity index (χ3v) is 4.00. The van der Waals surface area contributed by atoms with E-state index in [2.05, 4.69) is 0 Å². The van der Waals surface area contributed by atoms with Gasteiger partial charge in [-0.1, -0.05) is 26.8 Å². The molecule has 7 nitrogen and oxygen atoms in total. The maximum absolute atomic E-state index is 12.7. The second-order valence-electron chi connectivity index (χ2n) is 7.98. The van der Waals surface area contributed by atoms with E-state index >= 15 is 0 Å². The molecule has 1 heterocycles. The van der Waals surface area contributed by atoms with E-state index in [1.54, 1.807) is 17.0 Å². The van der Waals surface area contributed by atoms with Crippen molar-refractivity contribution >= 4 is 11.6 Å². The zero-order chi connectivity index (χ0) is 18.8. The van der Waals surface area contributed by atoms with E-state index in [1.165, 1.54) is 12.1 Å². The molecule has 1 aliphatic rings. The lowest BCUT2D eigenvalue weighted by Crippen LogP contribution is -2.50. The van der Waals surface area contributed by atoms with Crippen molar-refractivity contribution in [3.63, 3.8) is 0 Å². The number of nitro groups is 1. The van der Waals surface area contributed by atoms with Gasteiger partial charge in [-0.2, -0.15) is 0 Å². The predicted octanol–water partition coefficient (Wildman–Crippen LogP) is 3.37. The molecule has 1 saturated heterocycles. The van der Waals surface area contributed by atoms with E-state index in [-0.39, 0.29) is 29.7 Å². The molecular weight excluding hydrogens is 324 g/mol. The number of rotatable bonds is 5. The number of carbonyl (C=O) groups excluding carboxylic acids is 1. The molecule has 0 saturated carbocycles. The Labute approximate surface area is 148 Å². The Kier molecular flexibility index (Phi) is 5.37. The zero-order valence-electron chi connectivity index (χ0n) is 15.4. The molecule has 0 N–H and O–H groups in total. The Hall–Kier alpha value is -2.15. The van der Waals surface area contributed by atoms with Crippen LogP contribution in [-0.4, -0.2) is 40.7 Å². The van der Waals surface area contributed by atoms with Crippen molar-refractivity contribution in [2.75, 3.05) is 13.2 Å². The summed E-state index contributed by atoms with van der Waals surface area (Å²) in [5.74, 6) is 0.421. The summed E-state index contributed by atoms with van der Waals surface area (Å²) >= 11 is 0. The van der Waals surface area contributed by atoms with Crippen molar-refractivity contribution < 1.29 is 19.2 Å². The van der Waals surface area contributed by atoms with Crippen molar-refractivity contribution in [1.82, 2.24) is 4.90 Å². The highest BCUT2D eigenvalue weighted by molar-refractivity contribution is 5.78. The largest absolute Gasteiger partial charge is 0.491 e. The van der Waals surface area contributed by atoms with E-state index in [4.69, 9.17) is 9.47 Å². The minimum atomic E-state index is -0.695. The zero-order valence-corrected chi connectivity index (χ0v) is 15.4. The van der Waals surface area contributed by atoms with Crippen LogP contribution in [0.3, 0.4) is 0 Å². The summed E-state index contributed by atoms with van der Waals surface area (Å²) in [4.78, 5) is 24.9. The highest BCUT2D eigenvalue weighted by Crippen LogP contribution is 2.31. The average Bonchev–Trinajstić information content (AvgIpc) is 2.78. The lowest BCUT2D eigenvalue weighted by atomic mass is 9.91. The van der Waals surface area contributed by atoms with Crippen molar-refractivity contribution in [2.45, 2.75) is 52.8 Å². The Morgan fingerprint density at radius 3 is 2.72 bits per heavy atom. The van der Waals surface area contributed by atoms with Gasteiger partial charge in [0, 0.05) is 12.5 Å². The molecule has 0 radical (unpaired) electrons. The molecule has 0 aromatic heterocycles. The summed E-state index contributed by atoms with van der Waals surface area (Å²) in [6, 6.07) is 5.79. The van der Waals surface area contributed by atoms with E-state index in [1.807, 2.05) is 34.6 Å². The first-order valence-electron chi connectivity index (χ1n) is 8.33. The maximum Gasteiger partial charge on any atom is 0.273 e. The highest BCUT2D eigenvalue weighted by atomic mass is 16.6. The van der Waals surface area contributed by atoms with Crippen LogP contribution in [0.5, 0.6) is 5.75 Å². The minimum absolute atomic E-state index is 0.0163. The number of hydrogen-bond acceptors (Lipinski definition) is 5. The van der Waals surface area contributed by atoms with Gasteiger partial charge in [0.15, 0.2) is 0 Å². The molecule has 1 aromatic carbocycles. The highest BCUT2D eigenvalue weighted by Gasteiger charge is 2.44. The summed E-state index contributed by atoms with van der Waals surface area (Å²) in [7, 11) is 0. The standard InChI is InChI=1S/C18H26N2O5/c1-17(2,3)10-16(21)19-14(12-25-18(19,4)5)11-24-15-8-6-7-13(9-15)20(22)23/h6-9,14H,10-12H2,1-5H3/t14-/m0/s1. The van der Waals surface area contributed by atoms with Crippen LogP contribution in [0, 0.1) is 15.5 Å². The monoisotopic (exact) mass is 350 g/mol. The molecule has 138 valence electrons. The van der Waals surface area contributed by atoms with E-state index < -0.39 is 10.6 Å². The Morgan fingerprint density at radius 2 is 2.12 bits per heavy atom. The first kappa shape index (κ1) is 19.2. The van der Waals surface area contributed by atoms with Gasteiger partial charge in [0.1, 0.15) is 18.1 Å². The Balaban J connectivity index is 2.08. The van der Waals surface area contributed by atoms with Crippen LogP contribution in [0.15, 0.2) is 24.3 Å². The van der Waals surface area contributed by atoms with Gasteiger partial charge >= 0.3 is 0 Å². The summed E-state index contributed by atoms with van der Waals surface area (Å²) < 4.78 is 11.5. The van der Waals surface area contributed by atoms with Gasteiger partial charge in [-0.15, -0.1) is 0 Å². The predicted molar refractivity (Wildman–Crippen MR) is 93.3 cm³/mol. The molecule has 1 aliphatic heterocycles. The van der Waals surface area contributed by atoms with Gasteiger partial charge in [0.05, 0.1) is 23.6 Å². The number of nitrogens with zero attached hydrogens (tertiary/aromatic N) is 2. The molecule has 1 fully saturated rings. The second-order valence-corrected chi connectivity index (χ2v) is 7.98. The number of hydrogen-bond donors (Lipinski definition) is 0. The van der Waals surface area contributed by atoms with Crippen LogP contribution in [0.1, 0.15) is 41.0 Å². The quantitative estimate of drug-likeness (QED) is 0.600. The topological polar surface area (TPSA) is 81.9 Å². The molecule has 7 heteroatoms. The van der Waals surface area contributed by atoms with Crippen molar-refractivity contribution in [2.24, 2.45) is 5.41 Å². The molecule has 2 rings (SSSR count). The first-order chi connectivity index (χ1) is 11.5. The Bertz CT molecular complexity index is 651. The lowest BCUT2D eigenvalue weighted by Gasteiger charge is -2.35. The minimum Gasteiger partial charge on any atom is -0.491 e. The number of benzene rings is 1. The van der Waals surface area contributed by atoms with E-state index in [0.29, 0.717) is 18.8 Å². The molecule has 25 heavy (non-hydrogen) atoms. The van der Waals surface area contributed by atoms with Gasteiger partial charge in [0.2, 0.25) is 5.91 Å². The maximum atomic E-state index is 12.7. The SMILES string of the molecule is CC(C)(C)CC(=O)N1[C@@H](COc2cccc([N+](=O)[O-])c2)COC1(C)C. The molecule has 0 aliphatic carbocycles. The van der Waals surface area contributed by atoms with Crippen molar-refractivity contribution in [3.05, 3.63) is 34.4 Å². The number of carbonyl (C=O) groups is 1. The molecule has 1 aromatic rings. The third-order valence-electron chi connectivity index (χ3n) is 4.00. The molecule has 0 bridgehead atoms. The van der Waals surface area contributed by atoms with Crippen LogP contribution in [0.25, 0.3) is 0 Å². The molecular formula is C18H26N2O5. The van der Waals surface area contributed by atoms with Crippen molar-refractivity contribution in [1.29, 1.82) is 0 Å². The smallest absolute Gasteiger partial charge is 0.273 e. The average molecular weight is 350 g/mol. The van der Waals surface area contributed by atoms with Gasteiger partial charge in [-0.05, 0) is 25.3 Å². The van der Waals surface area contributed by atoms with Crippen LogP contribution < -0.4 is 4.74 Å². The van der Waals surface area contributed by atoms with E-state index in [0.717, 1.165) is 0 Å². The van der Waals surface area contributed by atoms with E-state index in [9.17, 15) is 14.9 Å². The summed E-state index contributed by atoms with van der Waals surface area (Å²) in [6.07, 6.45) is 0.410. The molecule has 0 unspecified atom stereocenters. The number of non-ortho nitro benzene ring substituents is 1. The van der Waals surface area contributed by atoms with Crippen LogP contribution in [-0.2, 0) is 9.53 Å². The van der Waals surface area contributed by atoms with Gasteiger partial charge in [0.25, 0.3) is 5.69 Å². The molecule has 0 spiro atoms. The third kappa shape index (κ3) is 4.92. The number of nitro benzene ring substituents is 1. The van der Waals surface area contributed by atoms with Gasteiger partial charge < -0.3 is 14.4 Å². The van der Waals surface area contributed by atoms with Crippen LogP contribution in [0.4, 0.5) is 5.69 Å².